The molecule has 1 aliphatic rings. The highest BCUT2D eigenvalue weighted by Gasteiger charge is 2.29. The first-order valence-corrected chi connectivity index (χ1v) is 9.41. The molecule has 0 aromatic heterocycles. The quantitative estimate of drug-likeness (QED) is 0.622. The Bertz CT molecular complexity index is 1030. The summed E-state index contributed by atoms with van der Waals surface area (Å²) in [6.45, 7) is 2.45. The monoisotopic (exact) mass is 375 g/mol. The Labute approximate surface area is 164 Å². The molecule has 3 nitrogen and oxygen atoms in total. The van der Waals surface area contributed by atoms with Crippen molar-refractivity contribution in [3.63, 3.8) is 0 Å². The van der Waals surface area contributed by atoms with Crippen LogP contribution in [0.2, 0.25) is 0 Å². The van der Waals surface area contributed by atoms with E-state index in [0.717, 1.165) is 28.9 Å². The maximum Gasteiger partial charge on any atom is 0.254 e. The number of carbonyl (C=O) groups is 1. The number of benzene rings is 3. The zero-order chi connectivity index (χ0) is 19.7. The molecule has 1 unspecified atom stereocenters. The SMILES string of the molecule is COc1cccc(-c2ccc3c(c2)CCN(C(C)c2ccccc2F)C3=O)c1. The van der Waals surface area contributed by atoms with Crippen molar-refractivity contribution in [3.05, 3.63) is 89.2 Å². The fourth-order valence-corrected chi connectivity index (χ4v) is 3.84. The number of fused-ring (bicyclic) bond motifs is 1. The predicted octanol–water partition coefficient (Wildman–Crippen LogP) is 5.26. The fraction of sp³-hybridized carbons (Fsp3) is 0.208. The standard InChI is InChI=1S/C24H22FNO2/c1-16(21-8-3-4-9-23(21)25)26-13-12-19-14-18(10-11-22(19)24(26)27)17-6-5-7-20(15-17)28-2/h3-11,14-16H,12-13H2,1-2H3. The van der Waals surface area contributed by atoms with Crippen molar-refractivity contribution in [2.24, 2.45) is 0 Å². The second-order valence-corrected chi connectivity index (χ2v) is 7.05. The molecule has 1 amide bonds. The Hall–Kier alpha value is -3.14. The van der Waals surface area contributed by atoms with E-state index in [-0.39, 0.29) is 17.8 Å². The summed E-state index contributed by atoms with van der Waals surface area (Å²) in [5.41, 5.74) is 4.38. The van der Waals surface area contributed by atoms with Gasteiger partial charge in [0.15, 0.2) is 0 Å². The minimum Gasteiger partial charge on any atom is -0.497 e. The van der Waals surface area contributed by atoms with Crippen LogP contribution in [0.5, 0.6) is 5.75 Å². The topological polar surface area (TPSA) is 29.5 Å². The van der Waals surface area contributed by atoms with Gasteiger partial charge in [-0.15, -0.1) is 0 Å². The maximum atomic E-state index is 14.2. The summed E-state index contributed by atoms with van der Waals surface area (Å²) in [5.74, 6) is 0.479. The van der Waals surface area contributed by atoms with Gasteiger partial charge in [0.25, 0.3) is 5.91 Å². The molecule has 0 fully saturated rings. The van der Waals surface area contributed by atoms with Gasteiger partial charge in [-0.2, -0.15) is 0 Å². The summed E-state index contributed by atoms with van der Waals surface area (Å²) < 4.78 is 19.5. The van der Waals surface area contributed by atoms with Crippen molar-refractivity contribution in [2.75, 3.05) is 13.7 Å². The van der Waals surface area contributed by atoms with E-state index in [1.54, 1.807) is 30.2 Å². The van der Waals surface area contributed by atoms with Crippen LogP contribution in [0.3, 0.4) is 0 Å². The van der Waals surface area contributed by atoms with E-state index in [4.69, 9.17) is 4.74 Å². The highest BCUT2D eigenvalue weighted by molar-refractivity contribution is 5.97. The molecule has 0 radical (unpaired) electrons. The number of ether oxygens (including phenoxy) is 1. The summed E-state index contributed by atoms with van der Waals surface area (Å²) in [6, 6.07) is 20.1. The van der Waals surface area contributed by atoms with E-state index >= 15 is 0 Å². The predicted molar refractivity (Wildman–Crippen MR) is 108 cm³/mol. The number of hydrogen-bond acceptors (Lipinski definition) is 2. The second kappa shape index (κ2) is 7.47. The molecule has 0 N–H and O–H groups in total. The van der Waals surface area contributed by atoms with Crippen LogP contribution < -0.4 is 4.74 Å². The Balaban J connectivity index is 1.63. The maximum absolute atomic E-state index is 14.2. The summed E-state index contributed by atoms with van der Waals surface area (Å²) in [5, 5.41) is 0. The lowest BCUT2D eigenvalue weighted by Gasteiger charge is -2.34. The molecule has 28 heavy (non-hydrogen) atoms. The Morgan fingerprint density at radius 2 is 1.79 bits per heavy atom. The second-order valence-electron chi connectivity index (χ2n) is 7.05. The average molecular weight is 375 g/mol. The van der Waals surface area contributed by atoms with Gasteiger partial charge in [-0.1, -0.05) is 42.5 Å². The van der Waals surface area contributed by atoms with Crippen LogP contribution in [0.1, 0.15) is 34.5 Å². The van der Waals surface area contributed by atoms with E-state index in [0.29, 0.717) is 17.7 Å². The van der Waals surface area contributed by atoms with Crippen LogP contribution in [-0.4, -0.2) is 24.5 Å². The molecule has 0 saturated carbocycles. The molecule has 0 saturated heterocycles. The van der Waals surface area contributed by atoms with Gasteiger partial charge in [0.1, 0.15) is 11.6 Å². The van der Waals surface area contributed by atoms with Crippen LogP contribution in [0, 0.1) is 5.82 Å². The van der Waals surface area contributed by atoms with Crippen molar-refractivity contribution < 1.29 is 13.9 Å². The van der Waals surface area contributed by atoms with E-state index in [9.17, 15) is 9.18 Å². The number of halogens is 1. The van der Waals surface area contributed by atoms with Crippen molar-refractivity contribution in [1.82, 2.24) is 4.90 Å². The van der Waals surface area contributed by atoms with Gasteiger partial charge >= 0.3 is 0 Å². The lowest BCUT2D eigenvalue weighted by Crippen LogP contribution is -2.39. The highest BCUT2D eigenvalue weighted by atomic mass is 19.1. The van der Waals surface area contributed by atoms with E-state index in [1.807, 2.05) is 43.3 Å². The van der Waals surface area contributed by atoms with Gasteiger partial charge in [-0.05, 0) is 54.3 Å². The summed E-state index contributed by atoms with van der Waals surface area (Å²) in [7, 11) is 1.65. The largest absolute Gasteiger partial charge is 0.497 e. The lowest BCUT2D eigenvalue weighted by atomic mass is 9.92. The third-order valence-corrected chi connectivity index (χ3v) is 5.44. The molecule has 4 rings (SSSR count). The molecule has 1 heterocycles. The van der Waals surface area contributed by atoms with E-state index in [2.05, 4.69) is 6.07 Å². The summed E-state index contributed by atoms with van der Waals surface area (Å²) in [6.07, 6.45) is 0.748. The van der Waals surface area contributed by atoms with Gasteiger partial charge < -0.3 is 9.64 Å². The van der Waals surface area contributed by atoms with Crippen molar-refractivity contribution in [3.8, 4) is 16.9 Å². The summed E-state index contributed by atoms with van der Waals surface area (Å²) in [4.78, 5) is 14.8. The lowest BCUT2D eigenvalue weighted by molar-refractivity contribution is 0.0670. The van der Waals surface area contributed by atoms with Gasteiger partial charge in [-0.25, -0.2) is 4.39 Å². The third-order valence-electron chi connectivity index (χ3n) is 5.44. The number of hydrogen-bond donors (Lipinski definition) is 0. The van der Waals surface area contributed by atoms with Gasteiger partial charge in [0.2, 0.25) is 0 Å². The van der Waals surface area contributed by atoms with Crippen molar-refractivity contribution in [1.29, 1.82) is 0 Å². The van der Waals surface area contributed by atoms with Crippen LogP contribution in [0.15, 0.2) is 66.7 Å². The molecule has 0 spiro atoms. The zero-order valence-corrected chi connectivity index (χ0v) is 16.0. The van der Waals surface area contributed by atoms with Crippen molar-refractivity contribution >= 4 is 5.91 Å². The first-order chi connectivity index (χ1) is 13.6. The Morgan fingerprint density at radius 1 is 1.00 bits per heavy atom. The first kappa shape index (κ1) is 18.2. The van der Waals surface area contributed by atoms with Gasteiger partial charge in [-0.3, -0.25) is 4.79 Å². The van der Waals surface area contributed by atoms with Gasteiger partial charge in [0, 0.05) is 17.7 Å². The molecule has 3 aromatic rings. The van der Waals surface area contributed by atoms with Crippen molar-refractivity contribution in [2.45, 2.75) is 19.4 Å². The molecular weight excluding hydrogens is 353 g/mol. The highest BCUT2D eigenvalue weighted by Crippen LogP contribution is 2.32. The van der Waals surface area contributed by atoms with E-state index < -0.39 is 0 Å². The fourth-order valence-electron chi connectivity index (χ4n) is 3.84. The molecule has 3 aromatic carbocycles. The number of methoxy groups -OCH3 is 1. The molecule has 4 heteroatoms. The minimum atomic E-state index is -0.306. The van der Waals surface area contributed by atoms with Crippen LogP contribution in [0.4, 0.5) is 4.39 Å². The minimum absolute atomic E-state index is 0.0470. The van der Waals surface area contributed by atoms with Crippen LogP contribution >= 0.6 is 0 Å². The molecule has 1 aliphatic heterocycles. The Kier molecular flexibility index (Phi) is 4.86. The molecule has 1 atom stereocenters. The number of carbonyl (C=O) groups excluding carboxylic acids is 1. The number of amides is 1. The molecule has 0 aliphatic carbocycles. The smallest absolute Gasteiger partial charge is 0.254 e. The van der Waals surface area contributed by atoms with E-state index in [1.165, 1.54) is 6.07 Å². The molecular formula is C24H22FNO2. The molecule has 0 bridgehead atoms. The molecule has 142 valence electrons. The number of nitrogens with zero attached hydrogens (tertiary/aromatic N) is 1. The zero-order valence-electron chi connectivity index (χ0n) is 16.0. The summed E-state index contributed by atoms with van der Waals surface area (Å²) >= 11 is 0. The Morgan fingerprint density at radius 3 is 2.57 bits per heavy atom. The normalized spacial score (nSPS) is 14.5. The first-order valence-electron chi connectivity index (χ1n) is 9.41. The van der Waals surface area contributed by atoms with Crippen LogP contribution in [0.25, 0.3) is 11.1 Å². The van der Waals surface area contributed by atoms with Gasteiger partial charge in [0.05, 0.1) is 13.2 Å². The average Bonchev–Trinajstić information content (AvgIpc) is 2.73. The van der Waals surface area contributed by atoms with Crippen LogP contribution in [-0.2, 0) is 6.42 Å². The third kappa shape index (κ3) is 3.26. The number of rotatable bonds is 4.